The van der Waals surface area contributed by atoms with Crippen molar-refractivity contribution in [2.75, 3.05) is 11.4 Å². The van der Waals surface area contributed by atoms with Crippen LogP contribution in [-0.4, -0.2) is 33.5 Å². The van der Waals surface area contributed by atoms with Gasteiger partial charge in [-0.05, 0) is 19.8 Å². The van der Waals surface area contributed by atoms with Crippen LogP contribution >= 0.6 is 0 Å². The third kappa shape index (κ3) is 3.21. The van der Waals surface area contributed by atoms with E-state index in [1.807, 2.05) is 0 Å². The highest BCUT2D eigenvalue weighted by Crippen LogP contribution is 2.27. The van der Waals surface area contributed by atoms with Crippen LogP contribution in [0.4, 0.5) is 11.5 Å². The molecule has 2 heterocycles. The lowest BCUT2D eigenvalue weighted by atomic mass is 10.1. The maximum Gasteiger partial charge on any atom is 0.288 e. The molecule has 1 aromatic heterocycles. The van der Waals surface area contributed by atoms with Crippen molar-refractivity contribution in [1.82, 2.24) is 4.98 Å². The Morgan fingerprint density at radius 2 is 2.33 bits per heavy atom. The van der Waals surface area contributed by atoms with Crippen LogP contribution in [0.5, 0.6) is 0 Å². The summed E-state index contributed by atoms with van der Waals surface area (Å²) in [4.78, 5) is 16.6. The summed E-state index contributed by atoms with van der Waals surface area (Å²) in [5, 5.41) is 22.8. The van der Waals surface area contributed by atoms with Gasteiger partial charge in [0.2, 0.25) is 0 Å². The average Bonchev–Trinajstić information content (AvgIpc) is 2.70. The zero-order valence-electron chi connectivity index (χ0n) is 11.9. The first-order valence-electron chi connectivity index (χ1n) is 6.93. The third-order valence-corrected chi connectivity index (χ3v) is 3.77. The van der Waals surface area contributed by atoms with Crippen molar-refractivity contribution in [3.8, 4) is 0 Å². The molecule has 0 aliphatic carbocycles. The van der Waals surface area contributed by atoms with Crippen molar-refractivity contribution < 1.29 is 10.1 Å². The van der Waals surface area contributed by atoms with Gasteiger partial charge in [-0.15, -0.1) is 0 Å². The van der Waals surface area contributed by atoms with Gasteiger partial charge in [0, 0.05) is 18.7 Å². The Bertz CT molecular complexity index is 561. The van der Waals surface area contributed by atoms with Gasteiger partial charge >= 0.3 is 0 Å². The van der Waals surface area contributed by atoms with Crippen LogP contribution in [0.1, 0.15) is 38.2 Å². The second kappa shape index (κ2) is 6.38. The fourth-order valence-corrected chi connectivity index (χ4v) is 2.61. The summed E-state index contributed by atoms with van der Waals surface area (Å²) in [6.45, 7) is 2.89. The number of aromatic nitrogens is 1. The summed E-state index contributed by atoms with van der Waals surface area (Å²) >= 11 is 0. The van der Waals surface area contributed by atoms with Crippen molar-refractivity contribution in [3.63, 3.8) is 0 Å². The van der Waals surface area contributed by atoms with Crippen molar-refractivity contribution in [2.24, 2.45) is 10.9 Å². The summed E-state index contributed by atoms with van der Waals surface area (Å²) in [6, 6.07) is 1.56. The summed E-state index contributed by atoms with van der Waals surface area (Å²) < 4.78 is 0. The van der Waals surface area contributed by atoms with E-state index >= 15 is 0 Å². The van der Waals surface area contributed by atoms with E-state index in [0.717, 1.165) is 32.2 Å². The molecule has 8 heteroatoms. The molecule has 0 spiro atoms. The first-order chi connectivity index (χ1) is 10.0. The molecule has 114 valence electrons. The lowest BCUT2D eigenvalue weighted by Crippen LogP contribution is -2.35. The lowest BCUT2D eigenvalue weighted by molar-refractivity contribution is -0.385. The van der Waals surface area contributed by atoms with Crippen LogP contribution in [0.3, 0.4) is 0 Å². The summed E-state index contributed by atoms with van der Waals surface area (Å²) in [6.07, 6.45) is 5.55. The van der Waals surface area contributed by atoms with Crippen LogP contribution in [0.2, 0.25) is 0 Å². The second-order valence-electron chi connectivity index (χ2n) is 5.20. The molecular weight excluding hydrogens is 274 g/mol. The van der Waals surface area contributed by atoms with E-state index in [-0.39, 0.29) is 17.6 Å². The molecule has 1 unspecified atom stereocenters. The van der Waals surface area contributed by atoms with E-state index in [1.54, 1.807) is 0 Å². The predicted octanol–water partition coefficient (Wildman–Crippen LogP) is 1.85. The zero-order chi connectivity index (χ0) is 15.4. The van der Waals surface area contributed by atoms with E-state index in [9.17, 15) is 10.1 Å². The van der Waals surface area contributed by atoms with Gasteiger partial charge in [-0.25, -0.2) is 4.98 Å². The first kappa shape index (κ1) is 15.0. The highest BCUT2D eigenvalue weighted by atomic mass is 16.6. The Balaban J connectivity index is 2.48. The number of hydrogen-bond donors (Lipinski definition) is 2. The number of pyridine rings is 1. The van der Waals surface area contributed by atoms with Crippen LogP contribution < -0.4 is 10.6 Å². The minimum absolute atomic E-state index is 0.169. The molecule has 0 saturated carbocycles. The number of anilines is 1. The van der Waals surface area contributed by atoms with Gasteiger partial charge in [0.1, 0.15) is 12.0 Å². The fourth-order valence-electron chi connectivity index (χ4n) is 2.61. The quantitative estimate of drug-likeness (QED) is 0.289. The monoisotopic (exact) mass is 293 g/mol. The van der Waals surface area contributed by atoms with Gasteiger partial charge in [-0.1, -0.05) is 18.0 Å². The molecule has 0 amide bonds. The number of nitrogens with two attached hydrogens (primary N) is 1. The number of amidine groups is 1. The fraction of sp³-hybridized carbons (Fsp3) is 0.538. The Kier molecular flexibility index (Phi) is 4.56. The first-order valence-corrected chi connectivity index (χ1v) is 6.93. The molecule has 2 rings (SSSR count). The molecule has 0 aromatic carbocycles. The molecule has 1 aromatic rings. The van der Waals surface area contributed by atoms with Crippen LogP contribution in [-0.2, 0) is 0 Å². The molecule has 1 saturated heterocycles. The summed E-state index contributed by atoms with van der Waals surface area (Å²) in [5.41, 5.74) is 5.78. The lowest BCUT2D eigenvalue weighted by Gasteiger charge is -2.29. The van der Waals surface area contributed by atoms with Crippen molar-refractivity contribution in [2.45, 2.75) is 38.6 Å². The zero-order valence-corrected chi connectivity index (χ0v) is 11.9. The number of nitrogens with zero attached hydrogens (tertiary/aromatic N) is 4. The second-order valence-corrected chi connectivity index (χ2v) is 5.20. The normalized spacial score (nSPS) is 20.1. The number of nitro groups is 1. The van der Waals surface area contributed by atoms with Crippen molar-refractivity contribution >= 4 is 17.3 Å². The minimum Gasteiger partial charge on any atom is -0.409 e. The van der Waals surface area contributed by atoms with Crippen LogP contribution in [0.15, 0.2) is 17.4 Å². The Hall–Kier alpha value is -2.38. The van der Waals surface area contributed by atoms with E-state index in [1.165, 1.54) is 12.3 Å². The maximum absolute atomic E-state index is 10.9. The van der Waals surface area contributed by atoms with Crippen LogP contribution in [0, 0.1) is 10.1 Å². The Morgan fingerprint density at radius 3 is 3.00 bits per heavy atom. The van der Waals surface area contributed by atoms with Gasteiger partial charge in [0.05, 0.1) is 10.5 Å². The van der Waals surface area contributed by atoms with E-state index in [0.29, 0.717) is 11.4 Å². The average molecular weight is 293 g/mol. The van der Waals surface area contributed by atoms with Crippen molar-refractivity contribution in [1.29, 1.82) is 0 Å². The molecular formula is C13H19N5O3. The van der Waals surface area contributed by atoms with Crippen molar-refractivity contribution in [3.05, 3.63) is 27.9 Å². The molecule has 1 atom stereocenters. The highest BCUT2D eigenvalue weighted by Gasteiger charge is 2.24. The molecule has 3 N–H and O–H groups in total. The molecule has 1 fully saturated rings. The van der Waals surface area contributed by atoms with Gasteiger partial charge in [-0.3, -0.25) is 10.1 Å². The Labute approximate surface area is 122 Å². The molecule has 0 bridgehead atoms. The predicted molar refractivity (Wildman–Crippen MR) is 78.7 cm³/mol. The Morgan fingerprint density at radius 1 is 1.57 bits per heavy atom. The van der Waals surface area contributed by atoms with Gasteiger partial charge in [0.25, 0.3) is 5.69 Å². The van der Waals surface area contributed by atoms with Gasteiger partial charge in [0.15, 0.2) is 5.84 Å². The topological polar surface area (TPSA) is 118 Å². The maximum atomic E-state index is 10.9. The van der Waals surface area contributed by atoms with Crippen LogP contribution in [0.25, 0.3) is 0 Å². The summed E-state index contributed by atoms with van der Waals surface area (Å²) in [5.74, 6) is 0.364. The molecule has 1 aliphatic rings. The van der Waals surface area contributed by atoms with E-state index in [2.05, 4.69) is 22.0 Å². The standard InChI is InChI=1S/C13H19N5O3/c1-9-5-3-2-4-6-17(9)13-11(12(14)16-19)7-10(8-15-13)18(20)21/h7-9,19H,2-6H2,1H3,(H2,14,16). The smallest absolute Gasteiger partial charge is 0.288 e. The van der Waals surface area contributed by atoms with Gasteiger partial charge < -0.3 is 15.8 Å². The summed E-state index contributed by atoms with van der Waals surface area (Å²) in [7, 11) is 0. The molecule has 8 nitrogen and oxygen atoms in total. The molecule has 21 heavy (non-hydrogen) atoms. The molecule has 1 aliphatic heterocycles. The largest absolute Gasteiger partial charge is 0.409 e. The number of oxime groups is 1. The third-order valence-electron chi connectivity index (χ3n) is 3.77. The molecule has 0 radical (unpaired) electrons. The minimum atomic E-state index is -0.545. The van der Waals surface area contributed by atoms with E-state index in [4.69, 9.17) is 10.9 Å². The highest BCUT2D eigenvalue weighted by molar-refractivity contribution is 6.02. The number of hydrogen-bond acceptors (Lipinski definition) is 6. The SMILES string of the molecule is CC1CCCCCN1c1ncc([N+](=O)[O-])cc1C(N)=NO. The van der Waals surface area contributed by atoms with E-state index < -0.39 is 4.92 Å². The number of rotatable bonds is 3. The van der Waals surface area contributed by atoms with Gasteiger partial charge in [-0.2, -0.15) is 0 Å².